The summed E-state index contributed by atoms with van der Waals surface area (Å²) in [5.74, 6) is 0.0989. The Kier molecular flexibility index (Phi) is 4.76. The van der Waals surface area contributed by atoms with Gasteiger partial charge in [-0.15, -0.1) is 6.58 Å². The van der Waals surface area contributed by atoms with Gasteiger partial charge in [0.05, 0.1) is 19.3 Å². The van der Waals surface area contributed by atoms with Crippen LogP contribution >= 0.6 is 0 Å². The van der Waals surface area contributed by atoms with Crippen LogP contribution in [0.1, 0.15) is 23.5 Å². The van der Waals surface area contributed by atoms with Gasteiger partial charge in [-0.1, -0.05) is 54.6 Å². The van der Waals surface area contributed by atoms with Crippen LogP contribution in [0.2, 0.25) is 0 Å². The molecule has 0 radical (unpaired) electrons. The minimum Gasteiger partial charge on any atom is -0.448 e. The summed E-state index contributed by atoms with van der Waals surface area (Å²) in [4.78, 5) is 14.2. The Balaban J connectivity index is 1.42. The molecular weight excluding hydrogens is 326 g/mol. The maximum Gasteiger partial charge on any atom is 0.409 e. The first kappa shape index (κ1) is 16.9. The van der Waals surface area contributed by atoms with E-state index in [4.69, 9.17) is 9.47 Å². The van der Waals surface area contributed by atoms with Crippen molar-refractivity contribution in [1.29, 1.82) is 0 Å². The van der Waals surface area contributed by atoms with Crippen LogP contribution in [-0.4, -0.2) is 43.4 Å². The lowest BCUT2D eigenvalue weighted by atomic mass is 9.98. The second-order valence-electron chi connectivity index (χ2n) is 6.78. The molecule has 2 aromatic carbocycles. The molecule has 1 fully saturated rings. The fourth-order valence-electron chi connectivity index (χ4n) is 3.92. The van der Waals surface area contributed by atoms with Gasteiger partial charge in [0.15, 0.2) is 0 Å². The van der Waals surface area contributed by atoms with E-state index >= 15 is 0 Å². The molecule has 4 rings (SSSR count). The Morgan fingerprint density at radius 1 is 1.12 bits per heavy atom. The molecule has 26 heavy (non-hydrogen) atoms. The van der Waals surface area contributed by atoms with Crippen LogP contribution in [0.4, 0.5) is 4.79 Å². The van der Waals surface area contributed by atoms with E-state index in [9.17, 15) is 4.79 Å². The van der Waals surface area contributed by atoms with Crippen LogP contribution in [0.3, 0.4) is 0 Å². The number of ether oxygens (including phenoxy) is 2. The highest BCUT2D eigenvalue weighted by molar-refractivity contribution is 5.79. The van der Waals surface area contributed by atoms with Gasteiger partial charge in [-0.2, -0.15) is 0 Å². The molecule has 0 aromatic heterocycles. The van der Waals surface area contributed by atoms with Crippen molar-refractivity contribution in [2.75, 3.05) is 26.3 Å². The second kappa shape index (κ2) is 7.34. The van der Waals surface area contributed by atoms with Crippen molar-refractivity contribution in [2.45, 2.75) is 18.4 Å². The standard InChI is InChI=1S/C22H23NO3/c1-2-13-25-16-11-12-23(14-16)22(24)26-15-21-19-9-5-3-7-17(19)18-8-4-6-10-20(18)21/h2-10,16,21H,1,11-15H2/t16-/m0/s1. The van der Waals surface area contributed by atoms with Crippen molar-refractivity contribution >= 4 is 6.09 Å². The molecule has 0 N–H and O–H groups in total. The molecule has 4 nitrogen and oxygen atoms in total. The summed E-state index contributed by atoms with van der Waals surface area (Å²) in [5.41, 5.74) is 4.94. The number of likely N-dealkylation sites (tertiary alicyclic amines) is 1. The Labute approximate surface area is 154 Å². The molecule has 2 aromatic rings. The predicted molar refractivity (Wildman–Crippen MR) is 101 cm³/mol. The van der Waals surface area contributed by atoms with Gasteiger partial charge < -0.3 is 14.4 Å². The van der Waals surface area contributed by atoms with Crippen molar-refractivity contribution in [2.24, 2.45) is 0 Å². The number of hydrogen-bond donors (Lipinski definition) is 0. The number of hydrogen-bond acceptors (Lipinski definition) is 3. The second-order valence-corrected chi connectivity index (χ2v) is 6.78. The van der Waals surface area contributed by atoms with Gasteiger partial charge in [0.2, 0.25) is 0 Å². The van der Waals surface area contributed by atoms with Crippen LogP contribution in [-0.2, 0) is 9.47 Å². The topological polar surface area (TPSA) is 38.8 Å². The van der Waals surface area contributed by atoms with Gasteiger partial charge in [-0.25, -0.2) is 4.79 Å². The van der Waals surface area contributed by atoms with Crippen LogP contribution in [0, 0.1) is 0 Å². The monoisotopic (exact) mass is 349 g/mol. The number of rotatable bonds is 5. The highest BCUT2D eigenvalue weighted by atomic mass is 16.6. The molecule has 134 valence electrons. The molecule has 0 bridgehead atoms. The molecule has 1 saturated heterocycles. The Hall–Kier alpha value is -2.59. The van der Waals surface area contributed by atoms with E-state index in [0.29, 0.717) is 26.3 Å². The lowest BCUT2D eigenvalue weighted by Gasteiger charge is -2.19. The van der Waals surface area contributed by atoms with Crippen molar-refractivity contribution in [3.63, 3.8) is 0 Å². The Morgan fingerprint density at radius 3 is 2.42 bits per heavy atom. The van der Waals surface area contributed by atoms with E-state index in [1.165, 1.54) is 22.3 Å². The lowest BCUT2D eigenvalue weighted by molar-refractivity contribution is 0.0711. The summed E-state index contributed by atoms with van der Waals surface area (Å²) >= 11 is 0. The maximum atomic E-state index is 12.5. The molecule has 1 heterocycles. The van der Waals surface area contributed by atoms with Gasteiger partial charge in [0, 0.05) is 12.5 Å². The lowest BCUT2D eigenvalue weighted by Crippen LogP contribution is -2.31. The maximum absolute atomic E-state index is 12.5. The minimum atomic E-state index is -0.253. The number of nitrogens with zero attached hydrogens (tertiary/aromatic N) is 1. The predicted octanol–water partition coefficient (Wildman–Crippen LogP) is 4.21. The molecule has 0 unspecified atom stereocenters. The first-order chi connectivity index (χ1) is 12.8. The van der Waals surface area contributed by atoms with E-state index in [2.05, 4.69) is 43.0 Å². The molecule has 4 heteroatoms. The number of amides is 1. The fourth-order valence-corrected chi connectivity index (χ4v) is 3.92. The first-order valence-corrected chi connectivity index (χ1v) is 9.10. The summed E-state index contributed by atoms with van der Waals surface area (Å²) in [6, 6.07) is 16.7. The van der Waals surface area contributed by atoms with E-state index in [-0.39, 0.29) is 18.1 Å². The molecule has 0 saturated carbocycles. The van der Waals surface area contributed by atoms with Crippen molar-refractivity contribution in [1.82, 2.24) is 4.90 Å². The summed E-state index contributed by atoms with van der Waals surface area (Å²) < 4.78 is 11.3. The smallest absolute Gasteiger partial charge is 0.409 e. The van der Waals surface area contributed by atoms with E-state index in [1.807, 2.05) is 12.1 Å². The summed E-state index contributed by atoms with van der Waals surface area (Å²) in [7, 11) is 0. The largest absolute Gasteiger partial charge is 0.448 e. The average Bonchev–Trinajstić information content (AvgIpc) is 3.28. The number of fused-ring (bicyclic) bond motifs is 3. The summed E-state index contributed by atoms with van der Waals surface area (Å²) in [6.07, 6.45) is 2.40. The van der Waals surface area contributed by atoms with E-state index in [0.717, 1.165) is 6.42 Å². The third-order valence-electron chi connectivity index (χ3n) is 5.19. The van der Waals surface area contributed by atoms with Crippen LogP contribution < -0.4 is 0 Å². The molecule has 0 spiro atoms. The number of carbonyl (C=O) groups excluding carboxylic acids is 1. The minimum absolute atomic E-state index is 0.0773. The van der Waals surface area contributed by atoms with E-state index in [1.54, 1.807) is 11.0 Å². The summed E-state index contributed by atoms with van der Waals surface area (Å²) in [6.45, 7) is 5.80. The molecular formula is C22H23NO3. The van der Waals surface area contributed by atoms with E-state index < -0.39 is 0 Å². The fraction of sp³-hybridized carbons (Fsp3) is 0.318. The van der Waals surface area contributed by atoms with Crippen LogP contribution in [0.15, 0.2) is 61.2 Å². The highest BCUT2D eigenvalue weighted by Crippen LogP contribution is 2.44. The zero-order valence-corrected chi connectivity index (χ0v) is 14.8. The van der Waals surface area contributed by atoms with Gasteiger partial charge in [0.1, 0.15) is 6.61 Å². The van der Waals surface area contributed by atoms with Gasteiger partial charge in [-0.05, 0) is 28.7 Å². The van der Waals surface area contributed by atoms with Crippen molar-refractivity contribution in [3.8, 4) is 11.1 Å². The highest BCUT2D eigenvalue weighted by Gasteiger charge is 2.31. The molecule has 1 aliphatic carbocycles. The Bertz CT molecular complexity index is 771. The third kappa shape index (κ3) is 3.13. The SMILES string of the molecule is C=CCO[C@H]1CCN(C(=O)OCC2c3ccccc3-c3ccccc32)C1. The average molecular weight is 349 g/mol. The molecule has 1 atom stereocenters. The van der Waals surface area contributed by atoms with Crippen molar-refractivity contribution in [3.05, 3.63) is 72.3 Å². The normalized spacial score (nSPS) is 18.5. The first-order valence-electron chi connectivity index (χ1n) is 9.10. The summed E-state index contributed by atoms with van der Waals surface area (Å²) in [5, 5.41) is 0. The zero-order chi connectivity index (χ0) is 17.9. The number of benzene rings is 2. The quantitative estimate of drug-likeness (QED) is 0.759. The van der Waals surface area contributed by atoms with Gasteiger partial charge in [0.25, 0.3) is 0 Å². The zero-order valence-electron chi connectivity index (χ0n) is 14.8. The third-order valence-corrected chi connectivity index (χ3v) is 5.19. The number of carbonyl (C=O) groups is 1. The van der Waals surface area contributed by atoms with Crippen molar-refractivity contribution < 1.29 is 14.3 Å². The van der Waals surface area contributed by atoms with Gasteiger partial charge in [-0.3, -0.25) is 0 Å². The molecule has 1 aliphatic heterocycles. The Morgan fingerprint density at radius 2 is 1.77 bits per heavy atom. The molecule has 2 aliphatic rings. The molecule has 1 amide bonds. The van der Waals surface area contributed by atoms with Gasteiger partial charge >= 0.3 is 6.09 Å². The van der Waals surface area contributed by atoms with Crippen LogP contribution in [0.25, 0.3) is 11.1 Å². The van der Waals surface area contributed by atoms with Crippen LogP contribution in [0.5, 0.6) is 0 Å².